The number of hydrogen-bond donors (Lipinski definition) is 2. The molecule has 0 spiro atoms. The summed E-state index contributed by atoms with van der Waals surface area (Å²) in [6.07, 6.45) is 7.58. The van der Waals surface area contributed by atoms with Crippen LogP contribution in [0.15, 0.2) is 73.1 Å². The molecule has 7 rings (SSSR count). The smallest absolute Gasteiger partial charge is 0.238 e. The molecule has 0 unspecified atom stereocenters. The predicted octanol–water partition coefficient (Wildman–Crippen LogP) is 6.04. The van der Waals surface area contributed by atoms with Gasteiger partial charge in [0.1, 0.15) is 11.3 Å². The van der Waals surface area contributed by atoms with Crippen molar-refractivity contribution < 1.29 is 9.53 Å². The molecule has 2 fully saturated rings. The van der Waals surface area contributed by atoms with Crippen molar-refractivity contribution in [2.75, 3.05) is 51.3 Å². The maximum Gasteiger partial charge on any atom is 0.238 e. The summed E-state index contributed by atoms with van der Waals surface area (Å²) in [5, 5.41) is 9.08. The number of anilines is 1. The van der Waals surface area contributed by atoms with E-state index in [0.717, 1.165) is 103 Å². The molecular weight excluding hydrogens is 562 g/mol. The van der Waals surface area contributed by atoms with Crippen LogP contribution in [0.5, 0.6) is 0 Å². The van der Waals surface area contributed by atoms with Gasteiger partial charge in [-0.15, -0.1) is 0 Å². The SMILES string of the molecule is CCn1cc(-c2ccnc3[nH]c(-c4ccc(CN5CCOCC5)cc4)cc23)c(-c2ccc(NC(=O)CN3CCCCC3)cc2)n1. The highest BCUT2D eigenvalue weighted by Gasteiger charge is 2.19. The molecule has 2 aliphatic rings. The molecule has 2 aliphatic heterocycles. The number of fused-ring (bicyclic) bond motifs is 1. The van der Waals surface area contributed by atoms with Crippen LogP contribution in [-0.4, -0.2) is 81.4 Å². The molecular formula is C36H41N7O2. The molecule has 232 valence electrons. The van der Waals surface area contributed by atoms with Crippen LogP contribution in [0.2, 0.25) is 0 Å². The van der Waals surface area contributed by atoms with Gasteiger partial charge in [0.25, 0.3) is 0 Å². The Kier molecular flexibility index (Phi) is 8.73. The van der Waals surface area contributed by atoms with Crippen molar-refractivity contribution >= 4 is 22.6 Å². The molecule has 0 saturated carbocycles. The molecule has 0 radical (unpaired) electrons. The van der Waals surface area contributed by atoms with E-state index in [9.17, 15) is 4.79 Å². The number of benzene rings is 2. The fourth-order valence-electron chi connectivity index (χ4n) is 6.45. The number of aromatic nitrogens is 4. The number of rotatable bonds is 9. The Morgan fingerprint density at radius 2 is 1.64 bits per heavy atom. The summed E-state index contributed by atoms with van der Waals surface area (Å²) in [5.41, 5.74) is 9.17. The fraction of sp³-hybridized carbons (Fsp3) is 0.361. The van der Waals surface area contributed by atoms with E-state index in [2.05, 4.69) is 74.6 Å². The number of nitrogens with one attached hydrogen (secondary N) is 2. The molecule has 2 saturated heterocycles. The van der Waals surface area contributed by atoms with Gasteiger partial charge in [-0.3, -0.25) is 19.3 Å². The lowest BCUT2D eigenvalue weighted by molar-refractivity contribution is -0.117. The highest BCUT2D eigenvalue weighted by atomic mass is 16.5. The van der Waals surface area contributed by atoms with Gasteiger partial charge in [0.2, 0.25) is 5.91 Å². The van der Waals surface area contributed by atoms with Gasteiger partial charge in [-0.25, -0.2) is 4.98 Å². The fourth-order valence-corrected chi connectivity index (χ4v) is 6.45. The number of likely N-dealkylation sites (tertiary alicyclic amines) is 1. The number of aromatic amines is 1. The molecule has 9 heteroatoms. The second-order valence-corrected chi connectivity index (χ2v) is 12.1. The van der Waals surface area contributed by atoms with Crippen molar-refractivity contribution in [3.63, 3.8) is 0 Å². The van der Waals surface area contributed by atoms with Crippen molar-refractivity contribution in [3.8, 4) is 33.6 Å². The third kappa shape index (κ3) is 6.71. The Bertz CT molecular complexity index is 1740. The Balaban J connectivity index is 1.12. The molecule has 2 aromatic carbocycles. The number of pyridine rings is 1. The topological polar surface area (TPSA) is 91.3 Å². The van der Waals surface area contributed by atoms with Crippen LogP contribution in [0.4, 0.5) is 5.69 Å². The first-order chi connectivity index (χ1) is 22.1. The lowest BCUT2D eigenvalue weighted by atomic mass is 10.00. The average molecular weight is 604 g/mol. The Morgan fingerprint density at radius 1 is 0.889 bits per heavy atom. The zero-order chi connectivity index (χ0) is 30.6. The van der Waals surface area contributed by atoms with E-state index in [1.54, 1.807) is 0 Å². The second kappa shape index (κ2) is 13.4. The minimum absolute atomic E-state index is 0.0368. The number of nitrogens with zero attached hydrogens (tertiary/aromatic N) is 5. The van der Waals surface area contributed by atoms with Gasteiger partial charge in [0, 0.05) is 66.5 Å². The average Bonchev–Trinajstić information content (AvgIpc) is 3.71. The van der Waals surface area contributed by atoms with Gasteiger partial charge in [0.15, 0.2) is 0 Å². The maximum atomic E-state index is 12.7. The highest BCUT2D eigenvalue weighted by Crippen LogP contribution is 2.37. The third-order valence-corrected chi connectivity index (χ3v) is 8.94. The van der Waals surface area contributed by atoms with Gasteiger partial charge in [0.05, 0.1) is 19.8 Å². The number of ether oxygens (including phenoxy) is 1. The largest absolute Gasteiger partial charge is 0.379 e. The van der Waals surface area contributed by atoms with E-state index in [1.807, 2.05) is 35.1 Å². The van der Waals surface area contributed by atoms with Crippen molar-refractivity contribution in [1.82, 2.24) is 29.5 Å². The number of morpholine rings is 1. The molecule has 0 atom stereocenters. The Morgan fingerprint density at radius 3 is 2.40 bits per heavy atom. The number of carbonyl (C=O) groups excluding carboxylic acids is 1. The molecule has 3 aromatic heterocycles. The summed E-state index contributed by atoms with van der Waals surface area (Å²) in [6.45, 7) is 9.84. The number of carbonyl (C=O) groups is 1. The van der Waals surface area contributed by atoms with Crippen molar-refractivity contribution in [2.45, 2.75) is 39.3 Å². The highest BCUT2D eigenvalue weighted by molar-refractivity contribution is 5.99. The first-order valence-electron chi connectivity index (χ1n) is 16.2. The van der Waals surface area contributed by atoms with Crippen molar-refractivity contribution in [3.05, 3.63) is 78.6 Å². The first kappa shape index (κ1) is 29.4. The summed E-state index contributed by atoms with van der Waals surface area (Å²) in [5.74, 6) is 0.0368. The lowest BCUT2D eigenvalue weighted by Gasteiger charge is -2.26. The van der Waals surface area contributed by atoms with E-state index in [-0.39, 0.29) is 5.91 Å². The summed E-state index contributed by atoms with van der Waals surface area (Å²) < 4.78 is 7.47. The van der Waals surface area contributed by atoms with E-state index in [4.69, 9.17) is 9.84 Å². The van der Waals surface area contributed by atoms with E-state index < -0.39 is 0 Å². The predicted molar refractivity (Wildman–Crippen MR) is 179 cm³/mol. The van der Waals surface area contributed by atoms with Crippen molar-refractivity contribution in [1.29, 1.82) is 0 Å². The zero-order valence-electron chi connectivity index (χ0n) is 26.0. The zero-order valence-corrected chi connectivity index (χ0v) is 26.0. The van der Waals surface area contributed by atoms with E-state index >= 15 is 0 Å². The van der Waals surface area contributed by atoms with Crippen LogP contribution in [0.1, 0.15) is 31.7 Å². The molecule has 9 nitrogen and oxygen atoms in total. The Labute approximate surface area is 264 Å². The molecule has 2 N–H and O–H groups in total. The monoisotopic (exact) mass is 603 g/mol. The van der Waals surface area contributed by atoms with Gasteiger partial charge in [-0.1, -0.05) is 42.8 Å². The number of piperidine rings is 1. The molecule has 45 heavy (non-hydrogen) atoms. The molecule has 0 bridgehead atoms. The minimum atomic E-state index is 0.0368. The van der Waals surface area contributed by atoms with Crippen LogP contribution >= 0.6 is 0 Å². The number of aryl methyl sites for hydroxylation is 1. The van der Waals surface area contributed by atoms with Gasteiger partial charge < -0.3 is 15.0 Å². The summed E-state index contributed by atoms with van der Waals surface area (Å²) >= 11 is 0. The summed E-state index contributed by atoms with van der Waals surface area (Å²) in [7, 11) is 0. The number of hydrogen-bond acceptors (Lipinski definition) is 6. The lowest BCUT2D eigenvalue weighted by Crippen LogP contribution is -2.36. The normalized spacial score (nSPS) is 16.3. The van der Waals surface area contributed by atoms with Crippen LogP contribution in [0.3, 0.4) is 0 Å². The second-order valence-electron chi connectivity index (χ2n) is 12.1. The number of H-pyrrole nitrogens is 1. The molecule has 1 amide bonds. The first-order valence-corrected chi connectivity index (χ1v) is 16.2. The van der Waals surface area contributed by atoms with Gasteiger partial charge in [-0.05, 0) is 73.8 Å². The molecule has 5 heterocycles. The molecule has 5 aromatic rings. The van der Waals surface area contributed by atoms with Crippen LogP contribution < -0.4 is 5.32 Å². The molecule has 0 aliphatic carbocycles. The number of amides is 1. The standard InChI is InChI=1S/C36H41N7O2/c1-2-43-24-32(35(40-43)28-10-12-29(13-11-28)38-34(44)25-41-16-4-3-5-17-41)30-14-15-37-36-31(30)22-33(39-36)27-8-6-26(7-9-27)23-42-18-20-45-21-19-42/h6-15,22,24H,2-5,16-21,23,25H2,1H3,(H,37,39)(H,38,44). The third-order valence-electron chi connectivity index (χ3n) is 8.94. The summed E-state index contributed by atoms with van der Waals surface area (Å²) in [4.78, 5) is 25.6. The van der Waals surface area contributed by atoms with Gasteiger partial charge >= 0.3 is 0 Å². The van der Waals surface area contributed by atoms with Crippen LogP contribution in [0.25, 0.3) is 44.7 Å². The van der Waals surface area contributed by atoms with Crippen LogP contribution in [-0.2, 0) is 22.6 Å². The maximum absolute atomic E-state index is 12.7. The van der Waals surface area contributed by atoms with E-state index in [0.29, 0.717) is 6.54 Å². The van der Waals surface area contributed by atoms with Crippen LogP contribution in [0, 0.1) is 0 Å². The van der Waals surface area contributed by atoms with Crippen molar-refractivity contribution in [2.24, 2.45) is 0 Å². The van der Waals surface area contributed by atoms with E-state index in [1.165, 1.54) is 24.8 Å². The summed E-state index contributed by atoms with van der Waals surface area (Å²) in [6, 6.07) is 21.1. The Hall–Kier alpha value is -4.31. The quantitative estimate of drug-likeness (QED) is 0.214. The van der Waals surface area contributed by atoms with Gasteiger partial charge in [-0.2, -0.15) is 5.10 Å². The minimum Gasteiger partial charge on any atom is -0.379 e.